The van der Waals surface area contributed by atoms with E-state index in [0.29, 0.717) is 18.1 Å². The predicted molar refractivity (Wildman–Crippen MR) is 137 cm³/mol. The first-order chi connectivity index (χ1) is 16.5. The lowest BCUT2D eigenvalue weighted by molar-refractivity contribution is -0.126. The highest BCUT2D eigenvalue weighted by atomic mass is 35.5. The smallest absolute Gasteiger partial charge is 0.237 e. The van der Waals surface area contributed by atoms with Gasteiger partial charge in [0.05, 0.1) is 6.04 Å². The van der Waals surface area contributed by atoms with Gasteiger partial charge < -0.3 is 15.4 Å². The molecular formula is C28H32ClN3O2. The molecule has 0 unspecified atom stereocenters. The maximum absolute atomic E-state index is 12.9. The molecule has 1 amide bonds. The summed E-state index contributed by atoms with van der Waals surface area (Å²) >= 11 is 6.19. The van der Waals surface area contributed by atoms with Crippen molar-refractivity contribution in [1.82, 2.24) is 15.5 Å². The van der Waals surface area contributed by atoms with Gasteiger partial charge in [-0.1, -0.05) is 54.1 Å². The van der Waals surface area contributed by atoms with E-state index in [9.17, 15) is 4.79 Å². The Kier molecular flexibility index (Phi) is 8.22. The highest BCUT2D eigenvalue weighted by Gasteiger charge is 2.36. The number of amides is 1. The Morgan fingerprint density at radius 1 is 1.00 bits per heavy atom. The van der Waals surface area contributed by atoms with Crippen molar-refractivity contribution < 1.29 is 9.53 Å². The zero-order valence-electron chi connectivity index (χ0n) is 19.7. The van der Waals surface area contributed by atoms with Gasteiger partial charge in [-0.05, 0) is 67.8 Å². The molecule has 5 nitrogen and oxygen atoms in total. The first-order valence-electron chi connectivity index (χ1n) is 11.8. The van der Waals surface area contributed by atoms with Crippen molar-refractivity contribution in [3.05, 3.63) is 95.0 Å². The van der Waals surface area contributed by atoms with Gasteiger partial charge in [0.25, 0.3) is 0 Å². The van der Waals surface area contributed by atoms with Crippen LogP contribution >= 0.6 is 11.6 Å². The maximum atomic E-state index is 12.9. The minimum atomic E-state index is -0.174. The van der Waals surface area contributed by atoms with Crippen LogP contribution in [-0.2, 0) is 17.9 Å². The lowest BCUT2D eigenvalue weighted by Gasteiger charge is -2.24. The molecule has 1 heterocycles. The minimum Gasteiger partial charge on any atom is -0.457 e. The maximum Gasteiger partial charge on any atom is 0.237 e. The zero-order chi connectivity index (χ0) is 23.9. The molecule has 0 aliphatic carbocycles. The summed E-state index contributed by atoms with van der Waals surface area (Å²) in [4.78, 5) is 15.2. The quantitative estimate of drug-likeness (QED) is 0.434. The molecule has 3 aromatic rings. The molecule has 0 radical (unpaired) electrons. The van der Waals surface area contributed by atoms with Crippen LogP contribution in [0, 0.1) is 0 Å². The molecule has 2 N–H and O–H groups in total. The fourth-order valence-electron chi connectivity index (χ4n) is 4.36. The SMILES string of the molecule is CC(C)NC(=O)[C@@H]1C[C@@H](NCc2cccc(Oc3ccccc3)c2)CN1Cc1cccc(Cl)c1. The van der Waals surface area contributed by atoms with Crippen LogP contribution in [0.15, 0.2) is 78.9 Å². The molecule has 0 spiro atoms. The summed E-state index contributed by atoms with van der Waals surface area (Å²) in [5.41, 5.74) is 2.26. The summed E-state index contributed by atoms with van der Waals surface area (Å²) in [6, 6.07) is 25.9. The van der Waals surface area contributed by atoms with E-state index < -0.39 is 0 Å². The summed E-state index contributed by atoms with van der Waals surface area (Å²) in [5, 5.41) is 7.45. The van der Waals surface area contributed by atoms with E-state index in [1.165, 1.54) is 0 Å². The number of halogens is 1. The third-order valence-corrected chi connectivity index (χ3v) is 6.12. The van der Waals surface area contributed by atoms with Crippen LogP contribution in [0.4, 0.5) is 0 Å². The van der Waals surface area contributed by atoms with E-state index in [1.807, 2.05) is 74.5 Å². The van der Waals surface area contributed by atoms with Gasteiger partial charge in [-0.3, -0.25) is 9.69 Å². The van der Waals surface area contributed by atoms with E-state index in [-0.39, 0.29) is 24.0 Å². The van der Waals surface area contributed by atoms with Crippen molar-refractivity contribution in [3.63, 3.8) is 0 Å². The highest BCUT2D eigenvalue weighted by molar-refractivity contribution is 6.30. The molecule has 0 aromatic heterocycles. The minimum absolute atomic E-state index is 0.0830. The molecule has 34 heavy (non-hydrogen) atoms. The van der Waals surface area contributed by atoms with Crippen LogP contribution in [0.3, 0.4) is 0 Å². The first kappa shape index (κ1) is 24.3. The Morgan fingerprint density at radius 3 is 2.50 bits per heavy atom. The number of hydrogen-bond donors (Lipinski definition) is 2. The Labute approximate surface area is 207 Å². The molecular weight excluding hydrogens is 446 g/mol. The molecule has 6 heteroatoms. The van der Waals surface area contributed by atoms with Crippen LogP contribution in [0.2, 0.25) is 5.02 Å². The number of nitrogens with one attached hydrogen (secondary N) is 2. The van der Waals surface area contributed by atoms with Crippen molar-refractivity contribution in [2.24, 2.45) is 0 Å². The molecule has 0 saturated carbocycles. The predicted octanol–water partition coefficient (Wildman–Crippen LogP) is 5.39. The summed E-state index contributed by atoms with van der Waals surface area (Å²) in [6.07, 6.45) is 0.763. The second kappa shape index (κ2) is 11.5. The van der Waals surface area contributed by atoms with Gasteiger partial charge in [0.1, 0.15) is 11.5 Å². The molecule has 178 valence electrons. The number of ether oxygens (including phenoxy) is 1. The molecule has 1 fully saturated rings. The number of carbonyl (C=O) groups is 1. The molecule has 2 atom stereocenters. The Hall–Kier alpha value is -2.86. The van der Waals surface area contributed by atoms with E-state index in [0.717, 1.165) is 35.6 Å². The number of rotatable bonds is 9. The topological polar surface area (TPSA) is 53.6 Å². The number of para-hydroxylation sites is 1. The third-order valence-electron chi connectivity index (χ3n) is 5.88. The second-order valence-electron chi connectivity index (χ2n) is 9.11. The van der Waals surface area contributed by atoms with Gasteiger partial charge in [-0.25, -0.2) is 0 Å². The van der Waals surface area contributed by atoms with Crippen molar-refractivity contribution in [1.29, 1.82) is 0 Å². The number of nitrogens with zero attached hydrogens (tertiary/aromatic N) is 1. The van der Waals surface area contributed by atoms with Gasteiger partial charge in [0, 0.05) is 36.7 Å². The molecule has 0 bridgehead atoms. The molecule has 1 aliphatic rings. The van der Waals surface area contributed by atoms with Crippen molar-refractivity contribution >= 4 is 17.5 Å². The molecule has 1 aliphatic heterocycles. The Bertz CT molecular complexity index is 1090. The monoisotopic (exact) mass is 477 g/mol. The molecule has 1 saturated heterocycles. The summed E-state index contributed by atoms with van der Waals surface area (Å²) in [5.74, 6) is 1.72. The van der Waals surface area contributed by atoms with E-state index >= 15 is 0 Å². The summed E-state index contributed by atoms with van der Waals surface area (Å²) < 4.78 is 5.97. The third kappa shape index (κ3) is 6.83. The number of likely N-dealkylation sites (tertiary alicyclic amines) is 1. The first-order valence-corrected chi connectivity index (χ1v) is 12.2. The van der Waals surface area contributed by atoms with Gasteiger partial charge in [-0.15, -0.1) is 0 Å². The van der Waals surface area contributed by atoms with E-state index in [4.69, 9.17) is 16.3 Å². The van der Waals surface area contributed by atoms with E-state index in [2.05, 4.69) is 33.7 Å². The van der Waals surface area contributed by atoms with Crippen LogP contribution in [0.25, 0.3) is 0 Å². The van der Waals surface area contributed by atoms with Crippen molar-refractivity contribution in [2.75, 3.05) is 6.54 Å². The van der Waals surface area contributed by atoms with Gasteiger partial charge in [0.2, 0.25) is 5.91 Å². The van der Waals surface area contributed by atoms with Crippen molar-refractivity contribution in [3.8, 4) is 11.5 Å². The zero-order valence-corrected chi connectivity index (χ0v) is 20.5. The summed E-state index contributed by atoms with van der Waals surface area (Å²) in [6.45, 7) is 6.18. The average Bonchev–Trinajstić information content (AvgIpc) is 3.21. The fourth-order valence-corrected chi connectivity index (χ4v) is 4.57. The van der Waals surface area contributed by atoms with Gasteiger partial charge >= 0.3 is 0 Å². The van der Waals surface area contributed by atoms with Crippen LogP contribution in [0.5, 0.6) is 11.5 Å². The lowest BCUT2D eigenvalue weighted by Crippen LogP contribution is -2.45. The Morgan fingerprint density at radius 2 is 1.74 bits per heavy atom. The second-order valence-corrected chi connectivity index (χ2v) is 9.55. The van der Waals surface area contributed by atoms with Gasteiger partial charge in [-0.2, -0.15) is 0 Å². The molecule has 3 aromatic carbocycles. The molecule has 4 rings (SSSR count). The average molecular weight is 478 g/mol. The van der Waals surface area contributed by atoms with Crippen LogP contribution < -0.4 is 15.4 Å². The van der Waals surface area contributed by atoms with Crippen LogP contribution in [-0.4, -0.2) is 35.5 Å². The largest absolute Gasteiger partial charge is 0.457 e. The van der Waals surface area contributed by atoms with Crippen LogP contribution in [0.1, 0.15) is 31.4 Å². The summed E-state index contributed by atoms with van der Waals surface area (Å²) in [7, 11) is 0. The standard InChI is InChI=1S/C28H32ClN3O2/c1-20(2)31-28(33)27-16-24(19-32(27)18-22-9-6-10-23(29)14-22)30-17-21-8-7-13-26(15-21)34-25-11-4-3-5-12-25/h3-15,20,24,27,30H,16-19H2,1-2H3,(H,31,33)/t24-,27+/m1/s1. The van der Waals surface area contributed by atoms with Gasteiger partial charge in [0.15, 0.2) is 0 Å². The number of hydrogen-bond acceptors (Lipinski definition) is 4. The van der Waals surface area contributed by atoms with E-state index in [1.54, 1.807) is 0 Å². The normalized spacial score (nSPS) is 18.2. The highest BCUT2D eigenvalue weighted by Crippen LogP contribution is 2.24. The lowest BCUT2D eigenvalue weighted by atomic mass is 10.1. The number of benzene rings is 3. The van der Waals surface area contributed by atoms with Crippen molar-refractivity contribution in [2.45, 2.75) is 51.5 Å². The Balaban J connectivity index is 1.39. The number of carbonyl (C=O) groups excluding carboxylic acids is 1. The fraction of sp³-hybridized carbons (Fsp3) is 0.321.